The Bertz CT molecular complexity index is 2220. The molecule has 0 saturated heterocycles. The third-order valence-corrected chi connectivity index (χ3v) is 15.0. The molecule has 2 aliphatic carbocycles. The second-order valence-corrected chi connectivity index (χ2v) is 20.1. The predicted octanol–water partition coefficient (Wildman–Crippen LogP) is 12.9. The van der Waals surface area contributed by atoms with Crippen molar-refractivity contribution in [2.45, 2.75) is 144 Å². The van der Waals surface area contributed by atoms with Crippen LogP contribution in [-0.4, -0.2) is 18.2 Å². The summed E-state index contributed by atoms with van der Waals surface area (Å²) in [5.41, 5.74) is -13.1. The molecule has 0 aromatic heterocycles. The summed E-state index contributed by atoms with van der Waals surface area (Å²) in [5.74, 6) is -69.7. The minimum atomic E-state index is -7.22. The molecule has 2 saturated carbocycles. The zero-order valence-electron chi connectivity index (χ0n) is 39.9. The molecule has 6 rings (SSSR count). The molecule has 22 heteroatoms. The molecule has 2 atom stereocenters. The largest absolute Gasteiger partial charge is 0.340 e. The van der Waals surface area contributed by atoms with E-state index in [0.29, 0.717) is 10.8 Å². The smallest absolute Gasteiger partial charge is 0.200 e. The Labute approximate surface area is 403 Å². The van der Waals surface area contributed by atoms with Crippen molar-refractivity contribution in [3.8, 4) is 0 Å². The first-order valence-corrected chi connectivity index (χ1v) is 23.7. The first-order valence-electron chi connectivity index (χ1n) is 23.7. The number of rotatable bonds is 14. The maximum Gasteiger partial charge on any atom is 0.200 e. The Kier molecular flexibility index (Phi) is 18.3. The standard InChI is InChI=1S/C26H51N.C24BF20/c1-7-23(25(19-21(3)4)15-11-9-12-16-25)27-24(8-2)26(20-22(5)6)17-13-10-14-18-26;26-5-1(6(27)14(35)21(42)13(5)34)25(2-7(28)15(36)22(43)16(37)8(2)29,3-9(30)17(38)23(44)18(39)10(3)31)4-11(32)19(40)24(45)20(41)12(4)33/h21-24,27H,7-20H2,1-6H3;/q;-1/p+1. The molecule has 0 heterocycles. The number of quaternary nitrogens is 1. The molecular weight excluding hydrogens is 1010 g/mol. The van der Waals surface area contributed by atoms with Gasteiger partial charge < -0.3 is 5.32 Å². The first kappa shape index (κ1) is 58.4. The van der Waals surface area contributed by atoms with Gasteiger partial charge in [-0.2, -0.15) is 0 Å². The van der Waals surface area contributed by atoms with Gasteiger partial charge in [0.05, 0.1) is 12.1 Å². The van der Waals surface area contributed by atoms with Crippen LogP contribution in [0.5, 0.6) is 0 Å². The van der Waals surface area contributed by atoms with E-state index in [1.54, 1.807) is 0 Å². The summed E-state index contributed by atoms with van der Waals surface area (Å²) in [4.78, 5) is 0. The molecule has 0 amide bonds. The van der Waals surface area contributed by atoms with Crippen LogP contribution in [0, 0.1) is 139 Å². The Morgan fingerprint density at radius 3 is 0.667 bits per heavy atom. The molecule has 2 aliphatic rings. The maximum atomic E-state index is 15.4. The molecule has 400 valence electrons. The highest BCUT2D eigenvalue weighted by atomic mass is 19.2. The van der Waals surface area contributed by atoms with Crippen LogP contribution in [0.3, 0.4) is 0 Å². The zero-order chi connectivity index (χ0) is 54.3. The van der Waals surface area contributed by atoms with E-state index in [9.17, 15) is 52.7 Å². The summed E-state index contributed by atoms with van der Waals surface area (Å²) >= 11 is 0. The Morgan fingerprint density at radius 2 is 0.500 bits per heavy atom. The fourth-order valence-electron chi connectivity index (χ4n) is 12.3. The van der Waals surface area contributed by atoms with Crippen molar-refractivity contribution in [2.24, 2.45) is 22.7 Å². The topological polar surface area (TPSA) is 16.6 Å². The van der Waals surface area contributed by atoms with Gasteiger partial charge in [-0.1, -0.05) is 80.1 Å². The Hall–Kier alpha value is -4.50. The van der Waals surface area contributed by atoms with Gasteiger partial charge in [-0.25, -0.2) is 87.8 Å². The van der Waals surface area contributed by atoms with E-state index in [1.807, 2.05) is 0 Å². The lowest BCUT2D eigenvalue weighted by Crippen LogP contribution is -3.00. The monoisotopic (exact) mass is 1060 g/mol. The van der Waals surface area contributed by atoms with E-state index < -0.39 is 144 Å². The molecule has 0 aliphatic heterocycles. The molecule has 0 radical (unpaired) electrons. The predicted molar refractivity (Wildman–Crippen MR) is 229 cm³/mol. The summed E-state index contributed by atoms with van der Waals surface area (Å²) in [6.45, 7) is 14.8. The van der Waals surface area contributed by atoms with Gasteiger partial charge in [0.25, 0.3) is 0 Å². The van der Waals surface area contributed by atoms with E-state index in [0.717, 1.165) is 23.9 Å². The molecule has 2 N–H and O–H groups in total. The third kappa shape index (κ3) is 9.95. The van der Waals surface area contributed by atoms with Gasteiger partial charge in [0, 0.05) is 10.8 Å². The second kappa shape index (κ2) is 22.5. The van der Waals surface area contributed by atoms with Gasteiger partial charge in [0.2, 0.25) is 0 Å². The first-order chi connectivity index (χ1) is 33.6. The molecule has 1 nitrogen and oxygen atoms in total. The molecule has 2 unspecified atom stereocenters. The molecule has 4 aromatic carbocycles. The van der Waals surface area contributed by atoms with Crippen molar-refractivity contribution >= 4 is 28.0 Å². The van der Waals surface area contributed by atoms with Crippen molar-refractivity contribution in [3.63, 3.8) is 0 Å². The van der Waals surface area contributed by atoms with E-state index >= 15 is 35.1 Å². The van der Waals surface area contributed by atoms with Crippen LogP contribution in [0.1, 0.15) is 131 Å². The van der Waals surface area contributed by atoms with E-state index in [1.165, 1.54) is 89.9 Å². The van der Waals surface area contributed by atoms with Gasteiger partial charge >= 0.3 is 0 Å². The van der Waals surface area contributed by atoms with Crippen LogP contribution < -0.4 is 27.2 Å². The van der Waals surface area contributed by atoms with Gasteiger partial charge in [0.15, 0.2) is 69.8 Å². The fourth-order valence-corrected chi connectivity index (χ4v) is 12.3. The number of benzene rings is 4. The summed E-state index contributed by atoms with van der Waals surface area (Å²) in [6.07, 6.45) is 13.3. The van der Waals surface area contributed by atoms with E-state index in [4.69, 9.17) is 0 Å². The lowest BCUT2D eigenvalue weighted by atomic mass is 9.12. The number of nitrogens with two attached hydrogens (primary N) is 1. The Morgan fingerprint density at radius 1 is 0.319 bits per heavy atom. The van der Waals surface area contributed by atoms with Crippen molar-refractivity contribution in [1.29, 1.82) is 0 Å². The highest BCUT2D eigenvalue weighted by molar-refractivity contribution is 7.20. The van der Waals surface area contributed by atoms with E-state index in [-0.39, 0.29) is 0 Å². The van der Waals surface area contributed by atoms with Crippen LogP contribution in [0.15, 0.2) is 0 Å². The molecule has 0 spiro atoms. The molecule has 72 heavy (non-hydrogen) atoms. The van der Waals surface area contributed by atoms with Crippen LogP contribution in [0.2, 0.25) is 0 Å². The minimum Gasteiger partial charge on any atom is -0.340 e. The van der Waals surface area contributed by atoms with Crippen molar-refractivity contribution < 1.29 is 93.1 Å². The molecule has 0 bridgehead atoms. The average Bonchev–Trinajstić information content (AvgIpc) is 3.34. The van der Waals surface area contributed by atoms with Crippen molar-refractivity contribution in [1.82, 2.24) is 0 Å². The lowest BCUT2D eigenvalue weighted by Gasteiger charge is -2.48. The van der Waals surface area contributed by atoms with Crippen LogP contribution >= 0.6 is 0 Å². The quantitative estimate of drug-likeness (QED) is 0.0561. The SMILES string of the molecule is CCC([NH2+]C(CC)C1(CC(C)C)CCCCC1)C1(CC(C)C)CCCCC1.Fc1c(F)c(F)c([B-](c2c(F)c(F)c(F)c(F)c2F)(c2c(F)c(F)c(F)c(F)c2F)c2c(F)c(F)c(F)c(F)c2F)c(F)c1F. The van der Waals surface area contributed by atoms with Gasteiger partial charge in [-0.3, -0.25) is 0 Å². The third-order valence-electron chi connectivity index (χ3n) is 15.0. The summed E-state index contributed by atoms with van der Waals surface area (Å²) in [7, 11) is 0. The highest BCUT2D eigenvalue weighted by Gasteiger charge is 2.53. The fraction of sp³-hybridized carbons (Fsp3) is 0.520. The summed E-state index contributed by atoms with van der Waals surface area (Å²) < 4.78 is 294. The zero-order valence-corrected chi connectivity index (χ0v) is 39.9. The van der Waals surface area contributed by atoms with Gasteiger partial charge in [-0.05, 0) is 63.2 Å². The van der Waals surface area contributed by atoms with Gasteiger partial charge in [0.1, 0.15) is 52.7 Å². The molecular formula is C50H52BF20N. The summed E-state index contributed by atoms with van der Waals surface area (Å²) in [5, 5.41) is 2.96. The highest BCUT2D eigenvalue weighted by Crippen LogP contribution is 2.47. The normalized spacial score (nSPS) is 16.8. The van der Waals surface area contributed by atoms with Gasteiger partial charge in [-0.15, -0.1) is 21.9 Å². The minimum absolute atomic E-state index is 0.613. The number of hydrogen-bond acceptors (Lipinski definition) is 0. The van der Waals surface area contributed by atoms with Crippen LogP contribution in [-0.2, 0) is 0 Å². The second-order valence-electron chi connectivity index (χ2n) is 20.1. The lowest BCUT2D eigenvalue weighted by molar-refractivity contribution is -0.748. The van der Waals surface area contributed by atoms with Crippen LogP contribution in [0.4, 0.5) is 87.8 Å². The number of hydrogen-bond donors (Lipinski definition) is 1. The van der Waals surface area contributed by atoms with E-state index in [2.05, 4.69) is 46.9 Å². The van der Waals surface area contributed by atoms with Crippen LogP contribution in [0.25, 0.3) is 0 Å². The molecule has 2 fully saturated rings. The van der Waals surface area contributed by atoms with Crippen molar-refractivity contribution in [2.75, 3.05) is 0 Å². The number of halogens is 20. The van der Waals surface area contributed by atoms with Crippen molar-refractivity contribution in [3.05, 3.63) is 116 Å². The Balaban J connectivity index is 0.000000304. The summed E-state index contributed by atoms with van der Waals surface area (Å²) in [6, 6.07) is 1.69. The molecule has 4 aromatic rings. The maximum absolute atomic E-state index is 15.4. The average molecular weight is 1060 g/mol.